The molecule has 1 aliphatic rings. The Morgan fingerprint density at radius 1 is 1.29 bits per heavy atom. The van der Waals surface area contributed by atoms with Crippen LogP contribution in [0.1, 0.15) is 70.7 Å². The average molecular weight is 295 g/mol. The van der Waals surface area contributed by atoms with Gasteiger partial charge in [0, 0.05) is 19.6 Å². The van der Waals surface area contributed by atoms with E-state index in [1.54, 1.807) is 7.11 Å². The zero-order chi connectivity index (χ0) is 15.5. The molecule has 21 heavy (non-hydrogen) atoms. The summed E-state index contributed by atoms with van der Waals surface area (Å²) in [5.74, 6) is 1.80. The maximum absolute atomic E-state index is 6.18. The standard InChI is InChI=1S/C16H29N3O2/c1-16(2,3)12(17)10-13-18-15(19-21-13)14(20-4)11-8-6-5-7-9-11/h11-12,14H,5-10,17H2,1-4H3. The first-order chi connectivity index (χ1) is 9.91. The Kier molecular flexibility index (Phi) is 5.38. The normalized spacial score (nSPS) is 20.4. The van der Waals surface area contributed by atoms with E-state index in [0.29, 0.717) is 24.1 Å². The highest BCUT2D eigenvalue weighted by Gasteiger charge is 2.30. The van der Waals surface area contributed by atoms with Crippen LogP contribution in [0, 0.1) is 11.3 Å². The molecule has 0 spiro atoms. The average Bonchev–Trinajstić information content (AvgIpc) is 2.88. The van der Waals surface area contributed by atoms with Crippen molar-refractivity contribution in [1.82, 2.24) is 10.1 Å². The van der Waals surface area contributed by atoms with Crippen LogP contribution in [0.2, 0.25) is 0 Å². The van der Waals surface area contributed by atoms with Crippen molar-refractivity contribution in [3.63, 3.8) is 0 Å². The molecule has 0 bridgehead atoms. The Bertz CT molecular complexity index is 433. The van der Waals surface area contributed by atoms with Crippen LogP contribution >= 0.6 is 0 Å². The van der Waals surface area contributed by atoms with Gasteiger partial charge in [-0.1, -0.05) is 45.2 Å². The van der Waals surface area contributed by atoms with Crippen molar-refractivity contribution in [3.8, 4) is 0 Å². The summed E-state index contributed by atoms with van der Waals surface area (Å²) in [5.41, 5.74) is 6.21. The van der Waals surface area contributed by atoms with E-state index in [1.165, 1.54) is 32.1 Å². The molecule has 5 heteroatoms. The van der Waals surface area contributed by atoms with Crippen LogP contribution < -0.4 is 5.73 Å². The second kappa shape index (κ2) is 6.88. The van der Waals surface area contributed by atoms with E-state index >= 15 is 0 Å². The first-order valence-electron chi connectivity index (χ1n) is 8.02. The maximum Gasteiger partial charge on any atom is 0.228 e. The van der Waals surface area contributed by atoms with Gasteiger partial charge >= 0.3 is 0 Å². The molecule has 0 amide bonds. The van der Waals surface area contributed by atoms with Gasteiger partial charge in [0.2, 0.25) is 11.7 Å². The summed E-state index contributed by atoms with van der Waals surface area (Å²) in [6, 6.07) is 0.00137. The van der Waals surface area contributed by atoms with Gasteiger partial charge < -0.3 is 15.0 Å². The Morgan fingerprint density at radius 3 is 2.52 bits per heavy atom. The van der Waals surface area contributed by atoms with Crippen LogP contribution in [-0.4, -0.2) is 23.3 Å². The molecule has 0 aliphatic heterocycles. The second-order valence-corrected chi connectivity index (χ2v) is 7.28. The fourth-order valence-electron chi connectivity index (χ4n) is 2.91. The molecule has 2 rings (SSSR count). The molecule has 1 aliphatic carbocycles. The predicted octanol–water partition coefficient (Wildman–Crippen LogP) is 3.25. The summed E-state index contributed by atoms with van der Waals surface area (Å²) < 4.78 is 11.0. The molecule has 120 valence electrons. The lowest BCUT2D eigenvalue weighted by Gasteiger charge is -2.27. The number of aromatic nitrogens is 2. The van der Waals surface area contributed by atoms with E-state index in [4.69, 9.17) is 15.0 Å². The van der Waals surface area contributed by atoms with Gasteiger partial charge in [0.25, 0.3) is 0 Å². The van der Waals surface area contributed by atoms with Crippen LogP contribution in [0.3, 0.4) is 0 Å². The molecule has 2 atom stereocenters. The van der Waals surface area contributed by atoms with E-state index in [2.05, 4.69) is 30.9 Å². The van der Waals surface area contributed by atoms with Gasteiger partial charge in [-0.25, -0.2) is 0 Å². The SMILES string of the molecule is COC(c1noc(CC(N)C(C)(C)C)n1)C1CCCCC1. The lowest BCUT2D eigenvalue weighted by atomic mass is 9.85. The highest BCUT2D eigenvalue weighted by molar-refractivity contribution is 4.97. The topological polar surface area (TPSA) is 74.2 Å². The minimum absolute atomic E-state index is 0.00137. The maximum atomic E-state index is 6.18. The van der Waals surface area contributed by atoms with Crippen molar-refractivity contribution in [1.29, 1.82) is 0 Å². The van der Waals surface area contributed by atoms with Gasteiger partial charge in [-0.2, -0.15) is 4.98 Å². The Balaban J connectivity index is 2.03. The predicted molar refractivity (Wildman–Crippen MR) is 81.8 cm³/mol. The van der Waals surface area contributed by atoms with E-state index in [0.717, 1.165) is 0 Å². The monoisotopic (exact) mass is 295 g/mol. The third-order valence-corrected chi connectivity index (χ3v) is 4.58. The summed E-state index contributed by atoms with van der Waals surface area (Å²) in [6.45, 7) is 6.36. The summed E-state index contributed by atoms with van der Waals surface area (Å²) >= 11 is 0. The van der Waals surface area contributed by atoms with Crippen molar-refractivity contribution in [2.45, 2.75) is 71.4 Å². The van der Waals surface area contributed by atoms with Crippen LogP contribution in [0.4, 0.5) is 0 Å². The number of methoxy groups -OCH3 is 1. The number of rotatable bonds is 5. The fraction of sp³-hybridized carbons (Fsp3) is 0.875. The molecule has 5 nitrogen and oxygen atoms in total. The highest BCUT2D eigenvalue weighted by atomic mass is 16.5. The zero-order valence-corrected chi connectivity index (χ0v) is 13.8. The Morgan fingerprint density at radius 2 is 1.95 bits per heavy atom. The lowest BCUT2D eigenvalue weighted by molar-refractivity contribution is 0.0273. The van der Waals surface area contributed by atoms with E-state index in [-0.39, 0.29) is 17.6 Å². The Labute approximate surface area is 127 Å². The molecule has 0 aromatic carbocycles. The largest absolute Gasteiger partial charge is 0.373 e. The third kappa shape index (κ3) is 4.27. The van der Waals surface area contributed by atoms with Gasteiger partial charge in [-0.05, 0) is 24.2 Å². The summed E-state index contributed by atoms with van der Waals surface area (Å²) in [6.07, 6.45) is 6.79. The van der Waals surface area contributed by atoms with Gasteiger partial charge in [0.1, 0.15) is 6.10 Å². The highest BCUT2D eigenvalue weighted by Crippen LogP contribution is 2.35. The molecular formula is C16H29N3O2. The van der Waals surface area contributed by atoms with Gasteiger partial charge in [-0.3, -0.25) is 0 Å². The summed E-state index contributed by atoms with van der Waals surface area (Å²) in [5, 5.41) is 4.13. The van der Waals surface area contributed by atoms with Crippen LogP contribution in [0.25, 0.3) is 0 Å². The van der Waals surface area contributed by atoms with Crippen LogP contribution in [0.5, 0.6) is 0 Å². The molecule has 0 saturated heterocycles. The molecule has 1 saturated carbocycles. The van der Waals surface area contributed by atoms with Crippen LogP contribution in [0.15, 0.2) is 4.52 Å². The molecule has 1 fully saturated rings. The fourth-order valence-corrected chi connectivity index (χ4v) is 2.91. The third-order valence-electron chi connectivity index (χ3n) is 4.58. The molecule has 1 aromatic rings. The molecular weight excluding hydrogens is 266 g/mol. The number of ether oxygens (including phenoxy) is 1. The minimum atomic E-state index is -0.0475. The number of nitrogens with zero attached hydrogens (tertiary/aromatic N) is 2. The van der Waals surface area contributed by atoms with E-state index < -0.39 is 0 Å². The smallest absolute Gasteiger partial charge is 0.228 e. The van der Waals surface area contributed by atoms with E-state index in [1.807, 2.05) is 0 Å². The second-order valence-electron chi connectivity index (χ2n) is 7.28. The quantitative estimate of drug-likeness (QED) is 0.902. The van der Waals surface area contributed by atoms with Gasteiger partial charge in [0.15, 0.2) is 0 Å². The molecule has 1 heterocycles. The van der Waals surface area contributed by atoms with Crippen molar-refractivity contribution in [2.75, 3.05) is 7.11 Å². The number of nitrogens with two attached hydrogens (primary N) is 1. The first kappa shape index (κ1) is 16.4. The first-order valence-corrected chi connectivity index (χ1v) is 8.02. The van der Waals surface area contributed by atoms with Crippen molar-refractivity contribution in [2.24, 2.45) is 17.1 Å². The van der Waals surface area contributed by atoms with Crippen molar-refractivity contribution in [3.05, 3.63) is 11.7 Å². The molecule has 1 aromatic heterocycles. The van der Waals surface area contributed by atoms with Crippen molar-refractivity contribution < 1.29 is 9.26 Å². The minimum Gasteiger partial charge on any atom is -0.373 e. The zero-order valence-electron chi connectivity index (χ0n) is 13.8. The molecule has 2 N–H and O–H groups in total. The summed E-state index contributed by atoms with van der Waals surface area (Å²) in [7, 11) is 1.73. The Hall–Kier alpha value is -0.940. The molecule has 2 unspecified atom stereocenters. The molecule has 0 radical (unpaired) electrons. The van der Waals surface area contributed by atoms with Crippen LogP contribution in [-0.2, 0) is 11.2 Å². The van der Waals surface area contributed by atoms with Gasteiger partial charge in [0.05, 0.1) is 0 Å². The summed E-state index contributed by atoms with van der Waals surface area (Å²) in [4.78, 5) is 4.53. The van der Waals surface area contributed by atoms with E-state index in [9.17, 15) is 0 Å². The number of hydrogen-bond acceptors (Lipinski definition) is 5. The van der Waals surface area contributed by atoms with Crippen molar-refractivity contribution >= 4 is 0 Å². The van der Waals surface area contributed by atoms with Gasteiger partial charge in [-0.15, -0.1) is 0 Å². The lowest BCUT2D eigenvalue weighted by Crippen LogP contribution is -2.37. The number of hydrogen-bond donors (Lipinski definition) is 1.